The summed E-state index contributed by atoms with van der Waals surface area (Å²) in [5.41, 5.74) is 8.78. The third kappa shape index (κ3) is 6.33. The van der Waals surface area contributed by atoms with E-state index < -0.39 is 0 Å². The highest BCUT2D eigenvalue weighted by Crippen LogP contribution is 2.30. The number of amides is 1. The van der Waals surface area contributed by atoms with Crippen molar-refractivity contribution in [3.8, 4) is 0 Å². The van der Waals surface area contributed by atoms with Gasteiger partial charge in [-0.1, -0.05) is 42.6 Å². The minimum absolute atomic E-state index is 0.141. The molecule has 0 radical (unpaired) electrons. The van der Waals surface area contributed by atoms with E-state index in [2.05, 4.69) is 16.9 Å². The zero-order valence-corrected chi connectivity index (χ0v) is 17.3. The number of nitrogens with one attached hydrogen (secondary N) is 2. The number of hydrogen-bond donors (Lipinski definition) is 3. The average Bonchev–Trinajstić information content (AvgIpc) is 2.73. The van der Waals surface area contributed by atoms with Crippen molar-refractivity contribution < 1.29 is 4.79 Å². The summed E-state index contributed by atoms with van der Waals surface area (Å²) in [4.78, 5) is 18.0. The lowest BCUT2D eigenvalue weighted by Gasteiger charge is -2.09. The molecule has 6 heteroatoms. The van der Waals surface area contributed by atoms with Crippen LogP contribution in [-0.2, 0) is 0 Å². The maximum Gasteiger partial charge on any atom is 0.252 e. The lowest BCUT2D eigenvalue weighted by molar-refractivity contribution is 0.0960. The van der Waals surface area contributed by atoms with Crippen LogP contribution in [0.5, 0.6) is 0 Å². The second-order valence-electron chi connectivity index (χ2n) is 6.01. The van der Waals surface area contributed by atoms with Gasteiger partial charge in [0.15, 0.2) is 0 Å². The van der Waals surface area contributed by atoms with Gasteiger partial charge in [0.1, 0.15) is 0 Å². The summed E-state index contributed by atoms with van der Waals surface area (Å²) in [6.45, 7) is 5.69. The van der Waals surface area contributed by atoms with Gasteiger partial charge in [-0.15, -0.1) is 0 Å². The van der Waals surface area contributed by atoms with Crippen LogP contribution in [0.1, 0.15) is 23.0 Å². The summed E-state index contributed by atoms with van der Waals surface area (Å²) >= 11 is 1.45. The van der Waals surface area contributed by atoms with Crippen LogP contribution in [0.4, 0.5) is 0 Å². The van der Waals surface area contributed by atoms with E-state index in [0.717, 1.165) is 15.5 Å². The van der Waals surface area contributed by atoms with E-state index in [1.54, 1.807) is 43.6 Å². The second-order valence-corrected chi connectivity index (χ2v) is 7.29. The van der Waals surface area contributed by atoms with E-state index in [4.69, 9.17) is 11.1 Å². The molecule has 0 aliphatic heterocycles. The van der Waals surface area contributed by atoms with Crippen LogP contribution < -0.4 is 11.1 Å². The Labute approximate surface area is 175 Å². The Hall–Kier alpha value is -3.38. The van der Waals surface area contributed by atoms with Crippen molar-refractivity contribution in [2.75, 3.05) is 7.05 Å². The third-order valence-corrected chi connectivity index (χ3v) is 4.92. The number of nitrogens with zero attached hydrogens (tertiary/aromatic N) is 1. The number of allylic oxidation sites excluding steroid dienone is 5. The van der Waals surface area contributed by atoms with Gasteiger partial charge in [-0.2, -0.15) is 0 Å². The van der Waals surface area contributed by atoms with E-state index in [1.807, 2.05) is 43.3 Å². The first kappa shape index (κ1) is 21.9. The minimum atomic E-state index is -0.141. The van der Waals surface area contributed by atoms with Gasteiger partial charge in [0.25, 0.3) is 5.91 Å². The fourth-order valence-electron chi connectivity index (χ4n) is 2.49. The van der Waals surface area contributed by atoms with Gasteiger partial charge >= 0.3 is 0 Å². The van der Waals surface area contributed by atoms with Crippen LogP contribution in [0.3, 0.4) is 0 Å². The first-order valence-corrected chi connectivity index (χ1v) is 9.75. The molecule has 1 aromatic carbocycles. The molecule has 0 saturated carbocycles. The molecule has 1 heterocycles. The molecular formula is C23H24N4OS. The van der Waals surface area contributed by atoms with Gasteiger partial charge in [-0.05, 0) is 54.3 Å². The number of hydrogen-bond acceptors (Lipinski definition) is 5. The van der Waals surface area contributed by atoms with E-state index in [9.17, 15) is 4.79 Å². The zero-order valence-electron chi connectivity index (χ0n) is 16.5. The molecule has 2 aromatic rings. The molecular weight excluding hydrogens is 380 g/mol. The number of benzene rings is 1. The molecule has 0 aliphatic carbocycles. The summed E-state index contributed by atoms with van der Waals surface area (Å²) in [5.74, 6) is -0.141. The number of nitrogens with two attached hydrogens (primary N) is 1. The van der Waals surface area contributed by atoms with Crippen molar-refractivity contribution in [3.05, 3.63) is 101 Å². The van der Waals surface area contributed by atoms with E-state index >= 15 is 0 Å². The quantitative estimate of drug-likeness (QED) is 0.341. The van der Waals surface area contributed by atoms with Crippen LogP contribution >= 0.6 is 11.8 Å². The Kier molecular flexibility index (Phi) is 8.18. The van der Waals surface area contributed by atoms with Crippen LogP contribution in [0.15, 0.2) is 94.5 Å². The summed E-state index contributed by atoms with van der Waals surface area (Å²) in [5, 5.41) is 10.9. The molecule has 0 aliphatic rings. The maximum absolute atomic E-state index is 12.0. The average molecular weight is 405 g/mol. The van der Waals surface area contributed by atoms with Crippen LogP contribution in [0.2, 0.25) is 0 Å². The summed E-state index contributed by atoms with van der Waals surface area (Å²) in [7, 11) is 1.60. The second kappa shape index (κ2) is 10.8. The molecule has 4 N–H and O–H groups in total. The van der Waals surface area contributed by atoms with Crippen molar-refractivity contribution in [1.29, 1.82) is 5.41 Å². The molecule has 148 valence electrons. The molecule has 2 rings (SSSR count). The number of carbonyl (C=O) groups is 1. The number of thioether (sulfide) groups is 1. The molecule has 0 saturated heterocycles. The fourth-order valence-corrected chi connectivity index (χ4v) is 3.44. The molecule has 5 nitrogen and oxygen atoms in total. The third-order valence-electron chi connectivity index (χ3n) is 3.90. The van der Waals surface area contributed by atoms with Gasteiger partial charge in [-0.3, -0.25) is 9.78 Å². The van der Waals surface area contributed by atoms with E-state index in [0.29, 0.717) is 16.8 Å². The molecule has 0 bridgehead atoms. The van der Waals surface area contributed by atoms with Gasteiger partial charge in [0, 0.05) is 29.4 Å². The standard InChI is InChI=1S/C23H24N4OS/c1-4-18(20(24)13-12-17-9-7-8-14-27-17)21(25)15-16(2)29-22-11-6-5-10-19(22)23(28)26-3/h4-15,24H,1,25H2,2-3H3,(H,26,28)/b13-12+,16-15+,21-18-,24-20?. The van der Waals surface area contributed by atoms with Crippen LogP contribution in [0.25, 0.3) is 6.08 Å². The fraction of sp³-hybridized carbons (Fsp3) is 0.0870. The summed E-state index contributed by atoms with van der Waals surface area (Å²) in [6.07, 6.45) is 8.44. The van der Waals surface area contributed by atoms with Gasteiger partial charge in [0.05, 0.1) is 17.0 Å². The smallest absolute Gasteiger partial charge is 0.252 e. The van der Waals surface area contributed by atoms with Crippen molar-refractivity contribution in [2.45, 2.75) is 11.8 Å². The maximum atomic E-state index is 12.0. The lowest BCUT2D eigenvalue weighted by atomic mass is 10.1. The van der Waals surface area contributed by atoms with Crippen molar-refractivity contribution in [3.63, 3.8) is 0 Å². The topological polar surface area (TPSA) is 91.9 Å². The summed E-state index contributed by atoms with van der Waals surface area (Å²) in [6, 6.07) is 13.0. The highest BCUT2D eigenvalue weighted by Gasteiger charge is 2.10. The largest absolute Gasteiger partial charge is 0.398 e. The molecule has 0 fully saturated rings. The Morgan fingerprint density at radius 2 is 1.97 bits per heavy atom. The first-order valence-electron chi connectivity index (χ1n) is 8.93. The highest BCUT2D eigenvalue weighted by atomic mass is 32.2. The predicted octanol–water partition coefficient (Wildman–Crippen LogP) is 4.57. The number of aromatic nitrogens is 1. The number of rotatable bonds is 8. The van der Waals surface area contributed by atoms with Crippen molar-refractivity contribution >= 4 is 29.5 Å². The summed E-state index contributed by atoms with van der Waals surface area (Å²) < 4.78 is 0. The monoisotopic (exact) mass is 404 g/mol. The van der Waals surface area contributed by atoms with Crippen molar-refractivity contribution in [1.82, 2.24) is 10.3 Å². The molecule has 1 aromatic heterocycles. The normalized spacial score (nSPS) is 12.4. The van der Waals surface area contributed by atoms with Gasteiger partial charge < -0.3 is 16.5 Å². The molecule has 29 heavy (non-hydrogen) atoms. The lowest BCUT2D eigenvalue weighted by Crippen LogP contribution is -2.18. The Bertz CT molecular complexity index is 991. The van der Waals surface area contributed by atoms with Crippen LogP contribution in [-0.4, -0.2) is 23.7 Å². The molecule has 0 unspecified atom stereocenters. The first-order chi connectivity index (χ1) is 14.0. The Morgan fingerprint density at radius 1 is 1.24 bits per heavy atom. The van der Waals surface area contributed by atoms with E-state index in [1.165, 1.54) is 11.8 Å². The SMILES string of the molecule is C=C/C(C(=N)/C=C/c1ccccn1)=C(N)\C=C(/C)Sc1ccccc1C(=O)NC. The minimum Gasteiger partial charge on any atom is -0.398 e. The molecule has 0 atom stereocenters. The number of carbonyl (C=O) groups excluding carboxylic acids is 1. The number of pyridine rings is 1. The molecule has 1 amide bonds. The molecule has 0 spiro atoms. The van der Waals surface area contributed by atoms with E-state index in [-0.39, 0.29) is 11.6 Å². The Balaban J connectivity index is 2.23. The predicted molar refractivity (Wildman–Crippen MR) is 122 cm³/mol. The highest BCUT2D eigenvalue weighted by molar-refractivity contribution is 8.03. The van der Waals surface area contributed by atoms with Gasteiger partial charge in [0.2, 0.25) is 0 Å². The van der Waals surface area contributed by atoms with Crippen molar-refractivity contribution in [2.24, 2.45) is 5.73 Å². The van der Waals surface area contributed by atoms with Crippen LogP contribution in [0, 0.1) is 5.41 Å². The Morgan fingerprint density at radius 3 is 2.62 bits per heavy atom. The van der Waals surface area contributed by atoms with Gasteiger partial charge in [-0.25, -0.2) is 0 Å². The zero-order chi connectivity index (χ0) is 21.2.